The quantitative estimate of drug-likeness (QED) is 0.252. The number of aromatic amines is 1. The fraction of sp³-hybridized carbons (Fsp3) is 0.375. The topological polar surface area (TPSA) is 159 Å². The largest absolute Gasteiger partial charge is 0.369 e. The molecule has 6 amide bonds. The number of piperidine rings is 2. The molecule has 14 nitrogen and oxygen atoms in total. The number of nitrogens with one attached hydrogen (secondary N) is 2. The predicted octanol–water partition coefficient (Wildman–Crippen LogP) is 3.90. The van der Waals surface area contributed by atoms with Crippen LogP contribution < -0.4 is 15.1 Å². The third kappa shape index (κ3) is 6.79. The van der Waals surface area contributed by atoms with Crippen molar-refractivity contribution in [3.63, 3.8) is 0 Å². The summed E-state index contributed by atoms with van der Waals surface area (Å²) in [6, 6.07) is 5.62. The van der Waals surface area contributed by atoms with E-state index in [2.05, 4.69) is 15.3 Å². The number of aryl methyl sites for hydroxylation is 1. The predicted molar refractivity (Wildman–Crippen MR) is 206 cm³/mol. The van der Waals surface area contributed by atoms with Crippen molar-refractivity contribution in [3.8, 4) is 11.1 Å². The van der Waals surface area contributed by atoms with Crippen LogP contribution in [0.15, 0.2) is 42.7 Å². The van der Waals surface area contributed by atoms with Crippen LogP contribution in [-0.2, 0) is 25.6 Å². The maximum absolute atomic E-state index is 15.5. The van der Waals surface area contributed by atoms with Gasteiger partial charge in [0.25, 0.3) is 11.8 Å². The van der Waals surface area contributed by atoms with Crippen LogP contribution in [0, 0.1) is 11.6 Å². The van der Waals surface area contributed by atoms with E-state index in [1.165, 1.54) is 34.2 Å². The number of hydrogen-bond donors (Lipinski definition) is 2. The van der Waals surface area contributed by atoms with Gasteiger partial charge in [-0.1, -0.05) is 18.5 Å². The number of aromatic nitrogens is 2. The molecule has 2 N–H and O–H groups in total. The second-order valence-corrected chi connectivity index (χ2v) is 15.2. The number of imide groups is 2. The van der Waals surface area contributed by atoms with Gasteiger partial charge >= 0.3 is 0 Å². The molecule has 1 unspecified atom stereocenters. The standard InChI is InChI=1S/C40H39ClF2N8O6/c1-3-21-17-44-37-35(21)36(41)27(18-45-37)24-14-23(4-5-28(24)42)50-13-12-49(20-34(50)54)33(53)19-47(2)22-8-10-48(11-9-22)31-16-26-25(15-29(31)43)39(56)51(40(26)57)30-6-7-32(52)46-38(30)55/h4-5,14-18,22,30H,3,6-13,19-20H2,1-2H3,(H,44,45)(H,46,52,55). The first-order valence-corrected chi connectivity index (χ1v) is 19.2. The Hall–Kier alpha value is -5.74. The molecule has 296 valence electrons. The molecular formula is C40H39ClF2N8O6. The summed E-state index contributed by atoms with van der Waals surface area (Å²) in [4.78, 5) is 92.4. The molecule has 0 aliphatic carbocycles. The van der Waals surface area contributed by atoms with Gasteiger partial charge in [-0.2, -0.15) is 0 Å². The van der Waals surface area contributed by atoms with E-state index >= 15 is 8.78 Å². The molecule has 0 radical (unpaired) electrons. The Bertz CT molecular complexity index is 2380. The number of anilines is 2. The van der Waals surface area contributed by atoms with Gasteiger partial charge in [-0.15, -0.1) is 0 Å². The number of likely N-dealkylation sites (N-methyl/N-ethyl adjacent to an activating group) is 1. The highest BCUT2D eigenvalue weighted by Gasteiger charge is 2.45. The first kappa shape index (κ1) is 38.1. The van der Waals surface area contributed by atoms with E-state index < -0.39 is 41.3 Å². The lowest BCUT2D eigenvalue weighted by molar-refractivity contribution is -0.138. The van der Waals surface area contributed by atoms with Crippen LogP contribution in [0.25, 0.3) is 22.2 Å². The fourth-order valence-electron chi connectivity index (χ4n) is 8.34. The summed E-state index contributed by atoms with van der Waals surface area (Å²) < 4.78 is 30.7. The molecule has 3 fully saturated rings. The number of hydrogen-bond acceptors (Lipinski definition) is 9. The summed E-state index contributed by atoms with van der Waals surface area (Å²) in [6.45, 7) is 3.22. The molecule has 6 heterocycles. The Morgan fingerprint density at radius 2 is 1.67 bits per heavy atom. The van der Waals surface area contributed by atoms with E-state index in [-0.39, 0.29) is 79.3 Å². The van der Waals surface area contributed by atoms with Crippen molar-refractivity contribution in [2.24, 2.45) is 0 Å². The Morgan fingerprint density at radius 1 is 0.930 bits per heavy atom. The highest BCUT2D eigenvalue weighted by atomic mass is 35.5. The normalized spacial score (nSPS) is 19.3. The molecule has 0 spiro atoms. The number of benzene rings is 2. The average molecular weight is 801 g/mol. The van der Waals surface area contributed by atoms with Crippen molar-refractivity contribution < 1.29 is 37.5 Å². The summed E-state index contributed by atoms with van der Waals surface area (Å²) in [5, 5.41) is 3.25. The number of piperazine rings is 1. The number of carbonyl (C=O) groups excluding carboxylic acids is 6. The smallest absolute Gasteiger partial charge is 0.262 e. The number of carbonyl (C=O) groups is 6. The fourth-order valence-corrected chi connectivity index (χ4v) is 8.71. The van der Waals surface area contributed by atoms with E-state index in [4.69, 9.17) is 11.6 Å². The third-order valence-electron chi connectivity index (χ3n) is 11.5. The van der Waals surface area contributed by atoms with E-state index in [9.17, 15) is 28.8 Å². The lowest BCUT2D eigenvalue weighted by Crippen LogP contribution is -2.55. The number of amides is 6. The minimum atomic E-state index is -1.15. The van der Waals surface area contributed by atoms with E-state index in [1.807, 2.05) is 25.1 Å². The van der Waals surface area contributed by atoms with Gasteiger partial charge in [-0.25, -0.2) is 13.8 Å². The van der Waals surface area contributed by atoms with Gasteiger partial charge in [0.1, 0.15) is 29.9 Å². The first-order valence-electron chi connectivity index (χ1n) is 18.9. The molecule has 57 heavy (non-hydrogen) atoms. The van der Waals surface area contributed by atoms with Crippen molar-refractivity contribution >= 4 is 69.5 Å². The van der Waals surface area contributed by atoms with Crippen LogP contribution in [0.5, 0.6) is 0 Å². The van der Waals surface area contributed by atoms with Crippen LogP contribution in [0.3, 0.4) is 0 Å². The molecule has 3 saturated heterocycles. The average Bonchev–Trinajstić information content (AvgIpc) is 3.73. The lowest BCUT2D eigenvalue weighted by atomic mass is 10.0. The molecule has 4 aliphatic rings. The van der Waals surface area contributed by atoms with E-state index in [1.54, 1.807) is 11.0 Å². The van der Waals surface area contributed by atoms with Gasteiger partial charge in [-0.3, -0.25) is 43.9 Å². The minimum Gasteiger partial charge on any atom is -0.369 e. The highest BCUT2D eigenvalue weighted by Crippen LogP contribution is 2.38. The monoisotopic (exact) mass is 800 g/mol. The maximum atomic E-state index is 15.5. The molecule has 2 aromatic carbocycles. The molecule has 1 atom stereocenters. The highest BCUT2D eigenvalue weighted by molar-refractivity contribution is 6.38. The van der Waals surface area contributed by atoms with Crippen LogP contribution in [0.2, 0.25) is 5.02 Å². The van der Waals surface area contributed by atoms with Crippen molar-refractivity contribution in [3.05, 3.63) is 76.1 Å². The van der Waals surface area contributed by atoms with Crippen molar-refractivity contribution in [2.75, 3.05) is 56.1 Å². The zero-order chi connectivity index (χ0) is 40.3. The van der Waals surface area contributed by atoms with Gasteiger partial charge in [0.15, 0.2) is 0 Å². The van der Waals surface area contributed by atoms with Crippen LogP contribution >= 0.6 is 11.6 Å². The van der Waals surface area contributed by atoms with Crippen molar-refractivity contribution in [2.45, 2.75) is 51.1 Å². The van der Waals surface area contributed by atoms with Gasteiger partial charge in [-0.05, 0) is 68.6 Å². The lowest BCUT2D eigenvalue weighted by Gasteiger charge is -2.39. The summed E-state index contributed by atoms with van der Waals surface area (Å²) in [5.41, 5.74) is 2.71. The summed E-state index contributed by atoms with van der Waals surface area (Å²) in [7, 11) is 1.83. The van der Waals surface area contributed by atoms with Gasteiger partial charge in [0.2, 0.25) is 23.6 Å². The number of H-pyrrole nitrogens is 1. The Balaban J connectivity index is 0.872. The SMILES string of the molecule is CCc1c[nH]c2ncc(-c3cc(N4CCN(C(=O)CN(C)C5CCN(c6cc7c(cc6F)C(=O)N(C6CCC(=O)NC6=O)C7=O)CC5)CC4=O)ccc3F)c(Cl)c12. The van der Waals surface area contributed by atoms with Crippen LogP contribution in [-0.4, -0.2) is 119 Å². The van der Waals surface area contributed by atoms with Crippen LogP contribution in [0.4, 0.5) is 20.2 Å². The molecule has 0 saturated carbocycles. The molecule has 4 aliphatic heterocycles. The number of nitrogens with zero attached hydrogens (tertiary/aromatic N) is 6. The number of halogens is 3. The molecule has 0 bridgehead atoms. The number of fused-ring (bicyclic) bond motifs is 2. The summed E-state index contributed by atoms with van der Waals surface area (Å²) in [5.74, 6) is -4.41. The Labute approximate surface area is 330 Å². The van der Waals surface area contributed by atoms with E-state index in [0.717, 1.165) is 21.9 Å². The Morgan fingerprint density at radius 3 is 2.37 bits per heavy atom. The number of pyridine rings is 1. The Kier molecular flexibility index (Phi) is 10.0. The van der Waals surface area contributed by atoms with E-state index in [0.29, 0.717) is 54.3 Å². The van der Waals surface area contributed by atoms with Crippen molar-refractivity contribution in [1.82, 2.24) is 30.0 Å². The van der Waals surface area contributed by atoms with Crippen molar-refractivity contribution in [1.29, 1.82) is 0 Å². The van der Waals surface area contributed by atoms with Gasteiger partial charge in [0.05, 0.1) is 28.4 Å². The summed E-state index contributed by atoms with van der Waals surface area (Å²) in [6.07, 6.45) is 5.18. The summed E-state index contributed by atoms with van der Waals surface area (Å²) >= 11 is 6.78. The van der Waals surface area contributed by atoms with Crippen LogP contribution in [0.1, 0.15) is 58.9 Å². The second-order valence-electron chi connectivity index (χ2n) is 14.8. The van der Waals surface area contributed by atoms with Gasteiger partial charge in [0, 0.05) is 73.2 Å². The third-order valence-corrected chi connectivity index (χ3v) is 11.9. The molecule has 2 aromatic heterocycles. The second kappa shape index (κ2) is 15.0. The van der Waals surface area contributed by atoms with Gasteiger partial charge < -0.3 is 19.7 Å². The number of rotatable bonds is 8. The maximum Gasteiger partial charge on any atom is 0.262 e. The molecular weight excluding hydrogens is 762 g/mol. The zero-order valence-electron chi connectivity index (χ0n) is 31.2. The zero-order valence-corrected chi connectivity index (χ0v) is 32.0. The first-order chi connectivity index (χ1) is 27.3. The molecule has 4 aromatic rings. The minimum absolute atomic E-state index is 0.000288. The molecule has 17 heteroatoms. The molecule has 8 rings (SSSR count).